The second-order valence-corrected chi connectivity index (χ2v) is 7.85. The molecule has 0 spiro atoms. The van der Waals surface area contributed by atoms with Gasteiger partial charge in [-0.25, -0.2) is 9.97 Å². The molecule has 1 saturated heterocycles. The predicted molar refractivity (Wildman–Crippen MR) is 103 cm³/mol. The molecule has 1 fully saturated rings. The minimum absolute atomic E-state index is 0.0192. The number of nitrogens with zero attached hydrogens (tertiary/aromatic N) is 3. The largest absolute Gasteiger partial charge is 0.440 e. The number of amides is 1. The first-order chi connectivity index (χ1) is 12.6. The minimum atomic E-state index is -0.0192. The van der Waals surface area contributed by atoms with E-state index in [1.807, 2.05) is 30.5 Å². The van der Waals surface area contributed by atoms with Crippen molar-refractivity contribution in [3.05, 3.63) is 40.2 Å². The normalized spacial score (nSPS) is 16.2. The van der Waals surface area contributed by atoms with Gasteiger partial charge in [0.05, 0.1) is 12.2 Å². The highest BCUT2D eigenvalue weighted by Crippen LogP contribution is 2.30. The fourth-order valence-corrected chi connectivity index (χ4v) is 4.08. The first kappa shape index (κ1) is 17.5. The Morgan fingerprint density at radius 2 is 2.19 bits per heavy atom. The Kier molecular flexibility index (Phi) is 4.93. The van der Waals surface area contributed by atoms with E-state index in [1.165, 1.54) is 11.3 Å². The molecular weight excluding hydrogens is 372 g/mol. The van der Waals surface area contributed by atoms with Crippen molar-refractivity contribution in [3.8, 4) is 0 Å². The van der Waals surface area contributed by atoms with Crippen LogP contribution in [-0.2, 0) is 4.79 Å². The molecule has 1 aromatic carbocycles. The smallest absolute Gasteiger partial charge is 0.240 e. The van der Waals surface area contributed by atoms with E-state index in [4.69, 9.17) is 16.0 Å². The quantitative estimate of drug-likeness (QED) is 0.727. The number of carbonyl (C=O) groups is 1. The summed E-state index contributed by atoms with van der Waals surface area (Å²) in [5.74, 6) is 1.03. The summed E-state index contributed by atoms with van der Waals surface area (Å²) in [6.07, 6.45) is 1.84. The van der Waals surface area contributed by atoms with Gasteiger partial charge in [-0.15, -0.1) is 11.3 Å². The van der Waals surface area contributed by atoms with E-state index in [0.717, 1.165) is 48.6 Å². The first-order valence-corrected chi connectivity index (χ1v) is 9.83. The number of benzene rings is 1. The molecule has 6 nitrogen and oxygen atoms in total. The van der Waals surface area contributed by atoms with Crippen LogP contribution in [0.1, 0.15) is 30.3 Å². The van der Waals surface area contributed by atoms with Gasteiger partial charge in [-0.05, 0) is 51.1 Å². The van der Waals surface area contributed by atoms with Crippen LogP contribution in [0.4, 0.5) is 5.13 Å². The average Bonchev–Trinajstić information content (AvgIpc) is 3.21. The molecule has 1 amide bonds. The molecule has 0 aliphatic carbocycles. The van der Waals surface area contributed by atoms with E-state index in [2.05, 4.69) is 20.2 Å². The second kappa shape index (κ2) is 7.34. The van der Waals surface area contributed by atoms with Gasteiger partial charge in [0, 0.05) is 16.3 Å². The van der Waals surface area contributed by atoms with E-state index in [0.29, 0.717) is 16.7 Å². The number of oxazole rings is 1. The van der Waals surface area contributed by atoms with Gasteiger partial charge in [0.2, 0.25) is 5.91 Å². The fraction of sp³-hybridized carbons (Fsp3) is 0.389. The van der Waals surface area contributed by atoms with Crippen molar-refractivity contribution < 1.29 is 9.21 Å². The van der Waals surface area contributed by atoms with Crippen molar-refractivity contribution in [2.75, 3.05) is 25.0 Å². The number of carbonyl (C=O) groups excluding carboxylic acids is 1. The van der Waals surface area contributed by atoms with Crippen LogP contribution in [0.2, 0.25) is 5.02 Å². The van der Waals surface area contributed by atoms with E-state index in [1.54, 1.807) is 0 Å². The van der Waals surface area contributed by atoms with Crippen molar-refractivity contribution in [2.24, 2.45) is 0 Å². The number of nitrogens with one attached hydrogen (secondary N) is 1. The number of thiazole rings is 1. The molecule has 4 rings (SSSR count). The summed E-state index contributed by atoms with van der Waals surface area (Å²) in [4.78, 5) is 23.2. The van der Waals surface area contributed by atoms with Gasteiger partial charge in [0.15, 0.2) is 16.6 Å². The maximum atomic E-state index is 12.2. The summed E-state index contributed by atoms with van der Waals surface area (Å²) in [7, 11) is 0. The standard InChI is InChI=1S/C18H19ClN4O2S/c1-11-10-26-18(20-11)22-16(24)9-23-6-4-12(5-7-23)17-21-14-8-13(19)2-3-15(14)25-17/h2-3,8,10,12H,4-7,9H2,1H3,(H,20,22,24). The van der Waals surface area contributed by atoms with Crippen LogP contribution in [-0.4, -0.2) is 40.4 Å². The molecule has 0 atom stereocenters. The zero-order valence-electron chi connectivity index (χ0n) is 14.4. The second-order valence-electron chi connectivity index (χ2n) is 6.56. The molecule has 8 heteroatoms. The average molecular weight is 391 g/mol. The summed E-state index contributed by atoms with van der Waals surface area (Å²) in [6.45, 7) is 3.98. The predicted octanol–water partition coefficient (Wildman–Crippen LogP) is 4.06. The van der Waals surface area contributed by atoms with Gasteiger partial charge in [0.1, 0.15) is 5.52 Å². The molecule has 1 N–H and O–H groups in total. The van der Waals surface area contributed by atoms with E-state index in [9.17, 15) is 4.79 Å². The summed E-state index contributed by atoms with van der Waals surface area (Å²) in [6, 6.07) is 5.49. The highest BCUT2D eigenvalue weighted by Gasteiger charge is 2.25. The third-order valence-electron chi connectivity index (χ3n) is 4.54. The Bertz CT molecular complexity index is 930. The summed E-state index contributed by atoms with van der Waals surface area (Å²) >= 11 is 7.46. The van der Waals surface area contributed by atoms with Gasteiger partial charge in [-0.2, -0.15) is 0 Å². The molecule has 0 bridgehead atoms. The lowest BCUT2D eigenvalue weighted by molar-refractivity contribution is -0.117. The Morgan fingerprint density at radius 3 is 2.92 bits per heavy atom. The summed E-state index contributed by atoms with van der Waals surface area (Å²) in [5.41, 5.74) is 2.49. The van der Waals surface area contributed by atoms with Crippen molar-refractivity contribution in [2.45, 2.75) is 25.7 Å². The molecule has 0 unspecified atom stereocenters. The number of aromatic nitrogens is 2. The van der Waals surface area contributed by atoms with Gasteiger partial charge in [-0.3, -0.25) is 9.69 Å². The van der Waals surface area contributed by atoms with Gasteiger partial charge in [0.25, 0.3) is 0 Å². The third kappa shape index (κ3) is 3.90. The first-order valence-electron chi connectivity index (χ1n) is 8.57. The number of hydrogen-bond acceptors (Lipinski definition) is 6. The zero-order chi connectivity index (χ0) is 18.1. The molecule has 0 saturated carbocycles. The molecule has 3 heterocycles. The van der Waals surface area contributed by atoms with Gasteiger partial charge >= 0.3 is 0 Å². The number of anilines is 1. The van der Waals surface area contributed by atoms with Crippen LogP contribution in [0.25, 0.3) is 11.1 Å². The van der Waals surface area contributed by atoms with Crippen molar-refractivity contribution >= 4 is 45.1 Å². The summed E-state index contributed by atoms with van der Waals surface area (Å²) in [5, 5.41) is 6.11. The van der Waals surface area contributed by atoms with Crippen LogP contribution >= 0.6 is 22.9 Å². The monoisotopic (exact) mass is 390 g/mol. The number of hydrogen-bond donors (Lipinski definition) is 1. The Balaban J connectivity index is 1.32. The van der Waals surface area contributed by atoms with Gasteiger partial charge in [-0.1, -0.05) is 11.6 Å². The van der Waals surface area contributed by atoms with E-state index < -0.39 is 0 Å². The molecule has 136 valence electrons. The van der Waals surface area contributed by atoms with E-state index in [-0.39, 0.29) is 11.8 Å². The number of piperidine rings is 1. The van der Waals surface area contributed by atoms with Crippen molar-refractivity contribution in [1.29, 1.82) is 0 Å². The fourth-order valence-electron chi connectivity index (χ4n) is 3.20. The third-order valence-corrected chi connectivity index (χ3v) is 5.65. The number of aryl methyl sites for hydroxylation is 1. The SMILES string of the molecule is Cc1csc(NC(=O)CN2CCC(c3nc4cc(Cl)ccc4o3)CC2)n1. The van der Waals surface area contributed by atoms with Crippen LogP contribution in [0, 0.1) is 6.92 Å². The van der Waals surface area contributed by atoms with Crippen molar-refractivity contribution in [3.63, 3.8) is 0 Å². The number of rotatable bonds is 4. The lowest BCUT2D eigenvalue weighted by atomic mass is 9.97. The lowest BCUT2D eigenvalue weighted by Crippen LogP contribution is -2.38. The maximum Gasteiger partial charge on any atom is 0.240 e. The molecular formula is C18H19ClN4O2S. The number of likely N-dealkylation sites (tertiary alicyclic amines) is 1. The molecule has 1 aliphatic heterocycles. The molecule has 26 heavy (non-hydrogen) atoms. The number of halogens is 1. The highest BCUT2D eigenvalue weighted by atomic mass is 35.5. The zero-order valence-corrected chi connectivity index (χ0v) is 15.9. The Hall–Kier alpha value is -1.96. The van der Waals surface area contributed by atoms with Crippen molar-refractivity contribution in [1.82, 2.24) is 14.9 Å². The van der Waals surface area contributed by atoms with Gasteiger partial charge < -0.3 is 9.73 Å². The molecule has 0 radical (unpaired) electrons. The highest BCUT2D eigenvalue weighted by molar-refractivity contribution is 7.13. The van der Waals surface area contributed by atoms with Crippen LogP contribution in [0.5, 0.6) is 0 Å². The molecule has 1 aliphatic rings. The van der Waals surface area contributed by atoms with E-state index >= 15 is 0 Å². The Labute approximate surface area is 160 Å². The topological polar surface area (TPSA) is 71.3 Å². The minimum Gasteiger partial charge on any atom is -0.440 e. The van der Waals surface area contributed by atoms with Crippen LogP contribution < -0.4 is 5.32 Å². The summed E-state index contributed by atoms with van der Waals surface area (Å²) < 4.78 is 5.89. The Morgan fingerprint density at radius 1 is 1.38 bits per heavy atom. The lowest BCUT2D eigenvalue weighted by Gasteiger charge is -2.29. The van der Waals surface area contributed by atoms with Crippen LogP contribution in [0.3, 0.4) is 0 Å². The maximum absolute atomic E-state index is 12.2. The number of fused-ring (bicyclic) bond motifs is 1. The molecule has 2 aromatic heterocycles. The van der Waals surface area contributed by atoms with Crippen LogP contribution in [0.15, 0.2) is 28.0 Å². The molecule has 3 aromatic rings.